The number of thiophene rings is 1. The standard InChI is InChI=1S/C8H6S.C6H3N3O7/c1-2-4-8-7(3-1)5-6-9-8;10-6-4(8(13)14)1-3(7(11)12)2-5(6)9(15)16/h1-6H;1-2,10H. The van der Waals surface area contributed by atoms with Crippen LogP contribution in [0.15, 0.2) is 47.8 Å². The van der Waals surface area contributed by atoms with E-state index in [1.54, 1.807) is 11.3 Å². The van der Waals surface area contributed by atoms with E-state index in [-0.39, 0.29) is 0 Å². The van der Waals surface area contributed by atoms with E-state index in [1.165, 1.54) is 10.1 Å². The molecule has 2 aromatic carbocycles. The molecule has 0 aliphatic carbocycles. The molecule has 1 N–H and O–H groups in total. The van der Waals surface area contributed by atoms with Crippen molar-refractivity contribution < 1.29 is 19.9 Å². The lowest BCUT2D eigenvalue weighted by molar-refractivity contribution is -0.404. The van der Waals surface area contributed by atoms with E-state index in [1.807, 2.05) is 0 Å². The Kier molecular flexibility index (Phi) is 5.19. The van der Waals surface area contributed by atoms with Gasteiger partial charge in [-0.15, -0.1) is 11.3 Å². The first-order chi connectivity index (χ1) is 11.8. The van der Waals surface area contributed by atoms with Gasteiger partial charge in [-0.25, -0.2) is 0 Å². The first kappa shape index (κ1) is 17.7. The minimum Gasteiger partial charge on any atom is -0.497 e. The Hall–Kier alpha value is -3.60. The van der Waals surface area contributed by atoms with Crippen molar-refractivity contribution in [3.05, 3.63) is 78.2 Å². The van der Waals surface area contributed by atoms with Gasteiger partial charge in [0.2, 0.25) is 0 Å². The minimum absolute atomic E-state index is 0.447. The third-order valence-electron chi connectivity index (χ3n) is 3.02. The molecule has 1 aromatic heterocycles. The van der Waals surface area contributed by atoms with Crippen molar-refractivity contribution in [1.29, 1.82) is 0 Å². The van der Waals surface area contributed by atoms with Gasteiger partial charge in [0.05, 0.1) is 26.9 Å². The zero-order chi connectivity index (χ0) is 18.6. The number of fused-ring (bicyclic) bond motifs is 1. The topological polar surface area (TPSA) is 150 Å². The number of non-ortho nitro benzene ring substituents is 1. The second-order valence-corrected chi connectivity index (χ2v) is 5.51. The van der Waals surface area contributed by atoms with E-state index in [4.69, 9.17) is 5.11 Å². The van der Waals surface area contributed by atoms with Gasteiger partial charge in [-0.1, -0.05) is 18.2 Å². The molecule has 0 fully saturated rings. The average Bonchev–Trinajstić information content (AvgIpc) is 3.03. The lowest BCUT2D eigenvalue weighted by Crippen LogP contribution is -1.97. The molecule has 0 saturated heterocycles. The third kappa shape index (κ3) is 4.03. The van der Waals surface area contributed by atoms with Gasteiger partial charge >= 0.3 is 11.4 Å². The van der Waals surface area contributed by atoms with E-state index >= 15 is 0 Å². The lowest BCUT2D eigenvalue weighted by Gasteiger charge is -1.97. The highest BCUT2D eigenvalue weighted by molar-refractivity contribution is 7.17. The molecule has 25 heavy (non-hydrogen) atoms. The first-order valence-electron chi connectivity index (χ1n) is 6.53. The number of nitro benzene ring substituents is 3. The summed E-state index contributed by atoms with van der Waals surface area (Å²) < 4.78 is 1.37. The molecule has 1 heterocycles. The number of phenolic OH excluding ortho intramolecular Hbond substituents is 1. The van der Waals surface area contributed by atoms with E-state index in [9.17, 15) is 30.3 Å². The molecule has 10 nitrogen and oxygen atoms in total. The van der Waals surface area contributed by atoms with Crippen LogP contribution in [0.3, 0.4) is 0 Å². The number of hydrogen-bond acceptors (Lipinski definition) is 8. The number of phenols is 1. The molecule has 0 spiro atoms. The fraction of sp³-hybridized carbons (Fsp3) is 0. The number of hydrogen-bond donors (Lipinski definition) is 1. The van der Waals surface area contributed by atoms with Crippen LogP contribution in [0.5, 0.6) is 5.75 Å². The number of aromatic hydroxyl groups is 1. The molecule has 3 aromatic rings. The average molecular weight is 363 g/mol. The normalized spacial score (nSPS) is 9.92. The van der Waals surface area contributed by atoms with Gasteiger partial charge in [0, 0.05) is 4.70 Å². The Balaban J connectivity index is 0.000000208. The summed E-state index contributed by atoms with van der Waals surface area (Å²) in [5.74, 6) is -1.21. The SMILES string of the molecule is O=[N+]([O-])c1cc([N+](=O)[O-])c(O)c([N+](=O)[O-])c1.c1ccc2sccc2c1. The van der Waals surface area contributed by atoms with Crippen molar-refractivity contribution >= 4 is 38.5 Å². The summed E-state index contributed by atoms with van der Waals surface area (Å²) in [7, 11) is 0. The van der Waals surface area contributed by atoms with Gasteiger partial charge in [0.25, 0.3) is 11.4 Å². The molecule has 0 radical (unpaired) electrons. The highest BCUT2D eigenvalue weighted by Crippen LogP contribution is 2.38. The van der Waals surface area contributed by atoms with Gasteiger partial charge in [0.15, 0.2) is 0 Å². The van der Waals surface area contributed by atoms with Crippen LogP contribution in [0.2, 0.25) is 0 Å². The summed E-state index contributed by atoms with van der Waals surface area (Å²) in [5, 5.41) is 43.7. The first-order valence-corrected chi connectivity index (χ1v) is 7.41. The molecule has 0 aliphatic rings. The Morgan fingerprint density at radius 3 is 1.88 bits per heavy atom. The predicted octanol–water partition coefficient (Wildman–Crippen LogP) is 4.02. The monoisotopic (exact) mass is 363 g/mol. The molecule has 0 aliphatic heterocycles. The van der Waals surface area contributed by atoms with Crippen LogP contribution in [-0.4, -0.2) is 19.9 Å². The molecular formula is C14H9N3O7S. The van der Waals surface area contributed by atoms with Gasteiger partial charge in [-0.3, -0.25) is 30.3 Å². The highest BCUT2D eigenvalue weighted by Gasteiger charge is 2.30. The Morgan fingerprint density at radius 2 is 1.40 bits per heavy atom. The van der Waals surface area contributed by atoms with Crippen molar-refractivity contribution in [3.63, 3.8) is 0 Å². The largest absolute Gasteiger partial charge is 0.497 e. The lowest BCUT2D eigenvalue weighted by atomic mass is 10.2. The van der Waals surface area contributed by atoms with E-state index in [2.05, 4.69) is 35.7 Å². The summed E-state index contributed by atoms with van der Waals surface area (Å²) in [6.45, 7) is 0. The highest BCUT2D eigenvalue weighted by atomic mass is 32.1. The quantitative estimate of drug-likeness (QED) is 0.545. The van der Waals surface area contributed by atoms with Crippen LogP contribution < -0.4 is 0 Å². The van der Waals surface area contributed by atoms with Crippen molar-refractivity contribution in [2.24, 2.45) is 0 Å². The summed E-state index contributed by atoms with van der Waals surface area (Å²) in [4.78, 5) is 27.8. The fourth-order valence-electron chi connectivity index (χ4n) is 1.88. The van der Waals surface area contributed by atoms with Crippen LogP contribution in [0.4, 0.5) is 17.1 Å². The van der Waals surface area contributed by atoms with Crippen LogP contribution in [0.25, 0.3) is 10.1 Å². The van der Waals surface area contributed by atoms with Crippen molar-refractivity contribution in [3.8, 4) is 5.75 Å². The second kappa shape index (κ2) is 7.31. The summed E-state index contributed by atoms with van der Waals surface area (Å²) in [6.07, 6.45) is 0. The van der Waals surface area contributed by atoms with E-state index < -0.39 is 37.6 Å². The Bertz CT molecular complexity index is 905. The van der Waals surface area contributed by atoms with E-state index in [0.29, 0.717) is 12.1 Å². The Labute approximate surface area is 143 Å². The molecule has 3 rings (SSSR count). The molecule has 0 atom stereocenters. The Morgan fingerprint density at radius 1 is 0.840 bits per heavy atom. The maximum Gasteiger partial charge on any atom is 0.324 e. The maximum absolute atomic E-state index is 10.4. The molecule has 0 amide bonds. The van der Waals surface area contributed by atoms with Crippen molar-refractivity contribution in [2.75, 3.05) is 0 Å². The zero-order valence-corrected chi connectivity index (χ0v) is 13.1. The van der Waals surface area contributed by atoms with Crippen molar-refractivity contribution in [1.82, 2.24) is 0 Å². The molecule has 128 valence electrons. The summed E-state index contributed by atoms with van der Waals surface area (Å²) >= 11 is 1.79. The van der Waals surface area contributed by atoms with E-state index in [0.717, 1.165) is 0 Å². The fourth-order valence-corrected chi connectivity index (χ4v) is 2.67. The molecule has 0 bridgehead atoms. The van der Waals surface area contributed by atoms with Gasteiger partial charge in [0.1, 0.15) is 0 Å². The van der Waals surface area contributed by atoms with Crippen LogP contribution in [-0.2, 0) is 0 Å². The number of nitrogens with zero attached hydrogens (tertiary/aromatic N) is 3. The van der Waals surface area contributed by atoms with Crippen LogP contribution in [0.1, 0.15) is 0 Å². The second-order valence-electron chi connectivity index (χ2n) is 4.56. The predicted molar refractivity (Wildman–Crippen MR) is 89.9 cm³/mol. The summed E-state index contributed by atoms with van der Waals surface area (Å²) in [6, 6.07) is 11.4. The number of benzene rings is 2. The molecule has 0 unspecified atom stereocenters. The zero-order valence-electron chi connectivity index (χ0n) is 12.3. The number of nitro groups is 3. The smallest absolute Gasteiger partial charge is 0.324 e. The molecule has 0 saturated carbocycles. The van der Waals surface area contributed by atoms with Crippen molar-refractivity contribution in [2.45, 2.75) is 0 Å². The van der Waals surface area contributed by atoms with Crippen LogP contribution in [0, 0.1) is 30.3 Å². The third-order valence-corrected chi connectivity index (χ3v) is 3.92. The van der Waals surface area contributed by atoms with Gasteiger partial charge < -0.3 is 5.11 Å². The van der Waals surface area contributed by atoms with Gasteiger partial charge in [-0.05, 0) is 22.9 Å². The minimum atomic E-state index is -1.21. The maximum atomic E-state index is 10.4. The molecular weight excluding hydrogens is 354 g/mol. The number of rotatable bonds is 3. The van der Waals surface area contributed by atoms with Gasteiger partial charge in [-0.2, -0.15) is 0 Å². The summed E-state index contributed by atoms with van der Waals surface area (Å²) in [5.41, 5.74) is -3.00. The molecule has 11 heteroatoms. The van der Waals surface area contributed by atoms with Crippen LogP contribution >= 0.6 is 11.3 Å².